The SMILES string of the molecule is O=C(Nc1ccccc1Cl)c1cc2c(s1)CCCCC2. The molecule has 0 spiro atoms. The van der Waals surface area contributed by atoms with Crippen LogP contribution in [0.3, 0.4) is 0 Å². The van der Waals surface area contributed by atoms with Crippen molar-refractivity contribution in [3.05, 3.63) is 50.7 Å². The first-order valence-corrected chi connectivity index (χ1v) is 8.11. The number of rotatable bonds is 2. The fourth-order valence-corrected chi connectivity index (χ4v) is 3.86. The molecule has 0 fully saturated rings. The van der Waals surface area contributed by atoms with Crippen molar-refractivity contribution in [2.45, 2.75) is 32.1 Å². The standard InChI is InChI=1S/C16H16ClNOS/c17-12-7-4-5-8-13(12)18-16(19)15-10-11-6-2-1-3-9-14(11)20-15/h4-5,7-8,10H,1-3,6,9H2,(H,18,19). The van der Waals surface area contributed by atoms with Crippen LogP contribution in [-0.4, -0.2) is 5.91 Å². The Morgan fingerprint density at radius 1 is 1.15 bits per heavy atom. The molecule has 1 aromatic carbocycles. The van der Waals surface area contributed by atoms with Gasteiger partial charge in [0, 0.05) is 4.88 Å². The van der Waals surface area contributed by atoms with E-state index in [4.69, 9.17) is 11.6 Å². The van der Waals surface area contributed by atoms with Crippen LogP contribution >= 0.6 is 22.9 Å². The van der Waals surface area contributed by atoms with E-state index in [9.17, 15) is 4.79 Å². The topological polar surface area (TPSA) is 29.1 Å². The van der Waals surface area contributed by atoms with E-state index in [-0.39, 0.29) is 5.91 Å². The van der Waals surface area contributed by atoms with Gasteiger partial charge in [-0.15, -0.1) is 11.3 Å². The van der Waals surface area contributed by atoms with Gasteiger partial charge in [0.2, 0.25) is 0 Å². The summed E-state index contributed by atoms with van der Waals surface area (Å²) in [5, 5.41) is 3.46. The third-order valence-electron chi connectivity index (χ3n) is 3.59. The van der Waals surface area contributed by atoms with Crippen molar-refractivity contribution in [3.63, 3.8) is 0 Å². The number of anilines is 1. The van der Waals surface area contributed by atoms with Crippen LogP contribution in [0.1, 0.15) is 39.4 Å². The summed E-state index contributed by atoms with van der Waals surface area (Å²) in [6, 6.07) is 9.37. The molecule has 1 aliphatic rings. The molecule has 2 nitrogen and oxygen atoms in total. The molecule has 3 rings (SSSR count). The smallest absolute Gasteiger partial charge is 0.265 e. The van der Waals surface area contributed by atoms with Crippen LogP contribution in [0, 0.1) is 0 Å². The molecule has 1 N–H and O–H groups in total. The molecular weight excluding hydrogens is 290 g/mol. The second-order valence-corrected chi connectivity index (χ2v) is 6.60. The van der Waals surface area contributed by atoms with Gasteiger partial charge in [0.25, 0.3) is 5.91 Å². The molecule has 0 atom stereocenters. The van der Waals surface area contributed by atoms with Gasteiger partial charge in [0.15, 0.2) is 0 Å². The van der Waals surface area contributed by atoms with E-state index >= 15 is 0 Å². The highest BCUT2D eigenvalue weighted by atomic mass is 35.5. The van der Waals surface area contributed by atoms with Crippen molar-refractivity contribution in [3.8, 4) is 0 Å². The van der Waals surface area contributed by atoms with Gasteiger partial charge in [0.05, 0.1) is 15.6 Å². The lowest BCUT2D eigenvalue weighted by Gasteiger charge is -2.05. The number of amides is 1. The number of carbonyl (C=O) groups excluding carboxylic acids is 1. The fraction of sp³-hybridized carbons (Fsp3) is 0.312. The molecule has 1 aliphatic carbocycles. The average molecular weight is 306 g/mol. The molecule has 1 amide bonds. The first-order valence-electron chi connectivity index (χ1n) is 6.91. The van der Waals surface area contributed by atoms with Crippen LogP contribution in [0.25, 0.3) is 0 Å². The van der Waals surface area contributed by atoms with E-state index in [2.05, 4.69) is 11.4 Å². The van der Waals surface area contributed by atoms with Crippen LogP contribution in [0.4, 0.5) is 5.69 Å². The maximum atomic E-state index is 12.3. The number of carbonyl (C=O) groups is 1. The lowest BCUT2D eigenvalue weighted by molar-refractivity contribution is 0.103. The molecule has 0 saturated carbocycles. The molecule has 0 saturated heterocycles. The Morgan fingerprint density at radius 2 is 1.95 bits per heavy atom. The molecule has 20 heavy (non-hydrogen) atoms. The van der Waals surface area contributed by atoms with Crippen molar-refractivity contribution in [2.75, 3.05) is 5.32 Å². The minimum atomic E-state index is -0.0591. The predicted octanol–water partition coefficient (Wildman–Crippen LogP) is 4.92. The molecule has 2 aromatic rings. The van der Waals surface area contributed by atoms with Gasteiger partial charge in [-0.25, -0.2) is 0 Å². The summed E-state index contributed by atoms with van der Waals surface area (Å²) in [4.78, 5) is 14.5. The molecule has 0 radical (unpaired) electrons. The van der Waals surface area contributed by atoms with Gasteiger partial charge in [-0.2, -0.15) is 0 Å². The monoisotopic (exact) mass is 305 g/mol. The lowest BCUT2D eigenvalue weighted by atomic mass is 10.1. The van der Waals surface area contributed by atoms with Crippen molar-refractivity contribution in [1.29, 1.82) is 0 Å². The number of benzene rings is 1. The largest absolute Gasteiger partial charge is 0.320 e. The highest BCUT2D eigenvalue weighted by Crippen LogP contribution is 2.30. The van der Waals surface area contributed by atoms with Crippen molar-refractivity contribution >= 4 is 34.5 Å². The first kappa shape index (κ1) is 13.7. The number of hydrogen-bond acceptors (Lipinski definition) is 2. The highest BCUT2D eigenvalue weighted by Gasteiger charge is 2.17. The zero-order chi connectivity index (χ0) is 13.9. The number of para-hydroxylation sites is 1. The van der Waals surface area contributed by atoms with E-state index in [1.54, 1.807) is 17.4 Å². The van der Waals surface area contributed by atoms with E-state index < -0.39 is 0 Å². The van der Waals surface area contributed by atoms with Crippen LogP contribution < -0.4 is 5.32 Å². The van der Waals surface area contributed by atoms with Crippen molar-refractivity contribution in [2.24, 2.45) is 0 Å². The van der Waals surface area contributed by atoms with Gasteiger partial charge in [0.1, 0.15) is 0 Å². The quantitative estimate of drug-likeness (QED) is 0.784. The molecule has 1 heterocycles. The van der Waals surface area contributed by atoms with Crippen LogP contribution in [0.2, 0.25) is 5.02 Å². The first-order chi connectivity index (χ1) is 9.74. The molecule has 104 valence electrons. The number of halogens is 1. The summed E-state index contributed by atoms with van der Waals surface area (Å²) >= 11 is 7.69. The number of aryl methyl sites for hydroxylation is 2. The minimum absolute atomic E-state index is 0.0591. The molecule has 4 heteroatoms. The Bertz CT molecular complexity index is 612. The molecule has 0 aliphatic heterocycles. The van der Waals surface area contributed by atoms with Gasteiger partial charge in [-0.3, -0.25) is 4.79 Å². The van der Waals surface area contributed by atoms with Gasteiger partial charge < -0.3 is 5.32 Å². The molecular formula is C16H16ClNOS. The zero-order valence-corrected chi connectivity index (χ0v) is 12.7. The van der Waals surface area contributed by atoms with Crippen LogP contribution in [0.5, 0.6) is 0 Å². The maximum absolute atomic E-state index is 12.3. The summed E-state index contributed by atoms with van der Waals surface area (Å²) in [5.41, 5.74) is 2.03. The number of nitrogens with one attached hydrogen (secondary N) is 1. The predicted molar refractivity (Wildman–Crippen MR) is 85.0 cm³/mol. The van der Waals surface area contributed by atoms with E-state index in [0.29, 0.717) is 10.7 Å². The Labute approximate surface area is 127 Å². The fourth-order valence-electron chi connectivity index (χ4n) is 2.53. The third-order valence-corrected chi connectivity index (χ3v) is 5.16. The summed E-state index contributed by atoms with van der Waals surface area (Å²) < 4.78 is 0. The third kappa shape index (κ3) is 2.89. The summed E-state index contributed by atoms with van der Waals surface area (Å²) in [7, 11) is 0. The summed E-state index contributed by atoms with van der Waals surface area (Å²) in [6.07, 6.45) is 5.97. The van der Waals surface area contributed by atoms with Crippen LogP contribution in [-0.2, 0) is 12.8 Å². The normalized spacial score (nSPS) is 14.4. The number of fused-ring (bicyclic) bond motifs is 1. The summed E-state index contributed by atoms with van der Waals surface area (Å²) in [5.74, 6) is -0.0591. The molecule has 0 bridgehead atoms. The molecule has 0 unspecified atom stereocenters. The number of thiophene rings is 1. The van der Waals surface area contributed by atoms with Crippen LogP contribution in [0.15, 0.2) is 30.3 Å². The maximum Gasteiger partial charge on any atom is 0.265 e. The minimum Gasteiger partial charge on any atom is -0.320 e. The van der Waals surface area contributed by atoms with Crippen molar-refractivity contribution in [1.82, 2.24) is 0 Å². The number of hydrogen-bond donors (Lipinski definition) is 1. The molecule has 1 aromatic heterocycles. The Hall–Kier alpha value is -1.32. The zero-order valence-electron chi connectivity index (χ0n) is 11.1. The lowest BCUT2D eigenvalue weighted by Crippen LogP contribution is -2.10. The Kier molecular flexibility index (Phi) is 4.08. The van der Waals surface area contributed by atoms with Gasteiger partial charge >= 0.3 is 0 Å². The average Bonchev–Trinajstić information content (AvgIpc) is 2.73. The van der Waals surface area contributed by atoms with Crippen molar-refractivity contribution < 1.29 is 4.79 Å². The van der Waals surface area contributed by atoms with E-state index in [0.717, 1.165) is 17.7 Å². The van der Waals surface area contributed by atoms with E-state index in [1.165, 1.54) is 29.7 Å². The highest BCUT2D eigenvalue weighted by molar-refractivity contribution is 7.14. The Morgan fingerprint density at radius 3 is 2.80 bits per heavy atom. The summed E-state index contributed by atoms with van der Waals surface area (Å²) in [6.45, 7) is 0. The second kappa shape index (κ2) is 5.98. The Balaban J connectivity index is 1.79. The van der Waals surface area contributed by atoms with E-state index in [1.807, 2.05) is 18.2 Å². The van der Waals surface area contributed by atoms with Gasteiger partial charge in [-0.1, -0.05) is 30.2 Å². The second-order valence-electron chi connectivity index (χ2n) is 5.05. The van der Waals surface area contributed by atoms with Gasteiger partial charge in [-0.05, 0) is 49.4 Å².